The molecule has 2 fully saturated rings. The molecule has 166 valence electrons. The molecule has 2 spiro atoms. The third-order valence-corrected chi connectivity index (χ3v) is 9.74. The number of benzene rings is 2. The number of carbonyl (C=O) groups is 4. The summed E-state index contributed by atoms with van der Waals surface area (Å²) in [5.74, 6) is -2.22. The summed E-state index contributed by atoms with van der Waals surface area (Å²) in [6.07, 6.45) is 5.31. The van der Waals surface area contributed by atoms with Gasteiger partial charge >= 0.3 is 0 Å². The topological polar surface area (TPSA) is 68.3 Å². The number of rotatable bonds is 2. The lowest BCUT2D eigenvalue weighted by atomic mass is 9.53. The zero-order valence-corrected chi connectivity index (χ0v) is 20.8. The zero-order chi connectivity index (χ0) is 23.6. The van der Waals surface area contributed by atoms with E-state index in [-0.39, 0.29) is 52.4 Å². The molecule has 2 aromatic rings. The minimum absolute atomic E-state index is 0.115. The maximum Gasteiger partial charge on any atom is 0.183 e. The van der Waals surface area contributed by atoms with Crippen molar-refractivity contribution in [1.29, 1.82) is 0 Å². The highest BCUT2D eigenvalue weighted by molar-refractivity contribution is 9.10. The molecule has 0 unspecified atom stereocenters. The Morgan fingerprint density at radius 1 is 0.618 bits per heavy atom. The molecule has 6 atom stereocenters. The molecular formula is C28H16Br2O4. The first-order valence-corrected chi connectivity index (χ1v) is 12.7. The average molecular weight is 576 g/mol. The standard InChI is InChI=1S/C28H16Br2O4/c29-15-5-1-13(2-6-15)21-23-22-17(31)9-10-18(32)25(22)28-20(34)12-11-19(33)27(28,26(21)28)24(23)14-3-7-16(30)8-4-14/h1-12,21,23-24,26H/t21-,23-,24+,26-,27+,28-/m0/s1. The minimum Gasteiger partial charge on any atom is -0.294 e. The van der Waals surface area contributed by atoms with Crippen LogP contribution in [0.2, 0.25) is 0 Å². The third-order valence-electron chi connectivity index (χ3n) is 8.68. The first-order valence-electron chi connectivity index (χ1n) is 11.1. The van der Waals surface area contributed by atoms with Crippen LogP contribution in [0.25, 0.3) is 0 Å². The Kier molecular flexibility index (Phi) is 3.94. The van der Waals surface area contributed by atoms with Gasteiger partial charge in [0.05, 0.1) is 10.8 Å². The maximum atomic E-state index is 13.8. The molecule has 0 amide bonds. The van der Waals surface area contributed by atoms with E-state index in [9.17, 15) is 19.2 Å². The molecule has 0 aromatic heterocycles. The van der Waals surface area contributed by atoms with Crippen molar-refractivity contribution < 1.29 is 19.2 Å². The van der Waals surface area contributed by atoms with E-state index in [1.807, 2.05) is 48.5 Å². The Hall–Kier alpha value is -2.70. The lowest BCUT2D eigenvalue weighted by Crippen LogP contribution is -2.49. The Morgan fingerprint density at radius 3 is 1.82 bits per heavy atom. The Bertz CT molecular complexity index is 1460. The third kappa shape index (κ3) is 2.08. The number of halogens is 2. The summed E-state index contributed by atoms with van der Waals surface area (Å²) >= 11 is 6.97. The molecule has 4 nitrogen and oxygen atoms in total. The van der Waals surface area contributed by atoms with Gasteiger partial charge in [-0.2, -0.15) is 0 Å². The van der Waals surface area contributed by atoms with Gasteiger partial charge in [0.1, 0.15) is 0 Å². The lowest BCUT2D eigenvalue weighted by molar-refractivity contribution is -0.131. The summed E-state index contributed by atoms with van der Waals surface area (Å²) in [6, 6.07) is 15.6. The molecule has 34 heavy (non-hydrogen) atoms. The molecule has 0 N–H and O–H groups in total. The molecular weight excluding hydrogens is 560 g/mol. The van der Waals surface area contributed by atoms with Gasteiger partial charge in [-0.3, -0.25) is 19.2 Å². The van der Waals surface area contributed by atoms with Crippen LogP contribution in [0.15, 0.2) is 92.9 Å². The van der Waals surface area contributed by atoms with Crippen LogP contribution in [0.1, 0.15) is 23.0 Å². The van der Waals surface area contributed by atoms with Crippen molar-refractivity contribution >= 4 is 55.0 Å². The second-order valence-electron chi connectivity index (χ2n) is 9.70. The fourth-order valence-electron chi connectivity index (χ4n) is 7.87. The van der Waals surface area contributed by atoms with Crippen molar-refractivity contribution in [3.63, 3.8) is 0 Å². The lowest BCUT2D eigenvalue weighted by Gasteiger charge is -2.46. The van der Waals surface area contributed by atoms with Crippen molar-refractivity contribution in [2.45, 2.75) is 11.8 Å². The van der Waals surface area contributed by atoms with Crippen LogP contribution in [0.4, 0.5) is 0 Å². The van der Waals surface area contributed by atoms with Crippen LogP contribution < -0.4 is 0 Å². The highest BCUT2D eigenvalue weighted by atomic mass is 79.9. The van der Waals surface area contributed by atoms with Crippen LogP contribution in [0, 0.1) is 22.7 Å². The highest BCUT2D eigenvalue weighted by Crippen LogP contribution is 2.93. The molecule has 6 heteroatoms. The van der Waals surface area contributed by atoms with E-state index in [4.69, 9.17) is 0 Å². The van der Waals surface area contributed by atoms with E-state index in [2.05, 4.69) is 31.9 Å². The number of allylic oxidation sites excluding steroid dienone is 6. The van der Waals surface area contributed by atoms with Crippen LogP contribution in [0.3, 0.4) is 0 Å². The molecule has 0 saturated heterocycles. The fourth-order valence-corrected chi connectivity index (χ4v) is 8.40. The number of carbonyl (C=O) groups excluding carboxylic acids is 4. The van der Waals surface area contributed by atoms with E-state index < -0.39 is 10.8 Å². The highest BCUT2D eigenvalue weighted by Gasteiger charge is 2.95. The van der Waals surface area contributed by atoms with E-state index in [1.165, 1.54) is 24.3 Å². The molecule has 8 rings (SSSR count). The van der Waals surface area contributed by atoms with E-state index in [1.54, 1.807) is 0 Å². The Morgan fingerprint density at radius 2 is 1.18 bits per heavy atom. The van der Waals surface area contributed by atoms with Gasteiger partial charge in [-0.25, -0.2) is 0 Å². The second-order valence-corrected chi connectivity index (χ2v) is 11.5. The summed E-state index contributed by atoms with van der Waals surface area (Å²) < 4.78 is 1.83. The quantitative estimate of drug-likeness (QED) is 0.471. The molecule has 6 aliphatic carbocycles. The van der Waals surface area contributed by atoms with Gasteiger partial charge in [0, 0.05) is 31.9 Å². The monoisotopic (exact) mass is 574 g/mol. The van der Waals surface area contributed by atoms with Crippen molar-refractivity contribution in [1.82, 2.24) is 0 Å². The number of hydrogen-bond acceptors (Lipinski definition) is 4. The summed E-state index contributed by atoms with van der Waals surface area (Å²) in [7, 11) is 0. The predicted molar refractivity (Wildman–Crippen MR) is 131 cm³/mol. The summed E-state index contributed by atoms with van der Waals surface area (Å²) in [6.45, 7) is 0. The largest absolute Gasteiger partial charge is 0.294 e. The van der Waals surface area contributed by atoms with Gasteiger partial charge in [0.25, 0.3) is 0 Å². The molecule has 0 heterocycles. The molecule has 2 aromatic carbocycles. The van der Waals surface area contributed by atoms with Gasteiger partial charge in [-0.05, 0) is 71.5 Å². The van der Waals surface area contributed by atoms with E-state index in [0.717, 1.165) is 20.1 Å². The van der Waals surface area contributed by atoms with Gasteiger partial charge in [-0.1, -0.05) is 56.1 Å². The SMILES string of the molecule is O=C1C=CC(=O)C2=C1[C@@H]1[C@H](c3ccc(Br)cc3)[C@@H]3[C@]24C(=O)C=CC(=O)[C@@]34[C@@H]1c1ccc(Br)cc1. The van der Waals surface area contributed by atoms with Gasteiger partial charge in [-0.15, -0.1) is 0 Å². The molecule has 4 bridgehead atoms. The fraction of sp³-hybridized carbons (Fsp3) is 0.214. The van der Waals surface area contributed by atoms with Gasteiger partial charge in [0.15, 0.2) is 23.1 Å². The smallest absolute Gasteiger partial charge is 0.183 e. The van der Waals surface area contributed by atoms with Crippen molar-refractivity contribution in [2.75, 3.05) is 0 Å². The molecule has 2 saturated carbocycles. The average Bonchev–Trinajstić information content (AvgIpc) is 3.39. The first kappa shape index (κ1) is 20.7. The van der Waals surface area contributed by atoms with Crippen LogP contribution in [0.5, 0.6) is 0 Å². The van der Waals surface area contributed by atoms with Gasteiger partial charge in [0.2, 0.25) is 0 Å². The molecule has 6 aliphatic rings. The number of ketones is 4. The maximum absolute atomic E-state index is 13.8. The Labute approximate surface area is 212 Å². The molecule has 0 radical (unpaired) electrons. The molecule has 0 aliphatic heterocycles. The minimum atomic E-state index is -1.28. The van der Waals surface area contributed by atoms with Gasteiger partial charge < -0.3 is 0 Å². The summed E-state index contributed by atoms with van der Waals surface area (Å²) in [5.41, 5.74) is 0.268. The van der Waals surface area contributed by atoms with Crippen molar-refractivity contribution in [3.8, 4) is 0 Å². The summed E-state index contributed by atoms with van der Waals surface area (Å²) in [5, 5.41) is 0. The Balaban J connectivity index is 1.59. The predicted octanol–water partition coefficient (Wildman–Crippen LogP) is 5.04. The zero-order valence-electron chi connectivity index (χ0n) is 17.6. The van der Waals surface area contributed by atoms with Crippen molar-refractivity contribution in [3.05, 3.63) is 104 Å². The first-order chi connectivity index (χ1) is 16.3. The van der Waals surface area contributed by atoms with E-state index in [0.29, 0.717) is 5.57 Å². The van der Waals surface area contributed by atoms with E-state index >= 15 is 0 Å². The van der Waals surface area contributed by atoms with Crippen molar-refractivity contribution in [2.24, 2.45) is 22.7 Å². The second kappa shape index (κ2) is 6.49. The number of hydrogen-bond donors (Lipinski definition) is 0. The normalized spacial score (nSPS) is 36.6. The van der Waals surface area contributed by atoms with Crippen LogP contribution in [-0.4, -0.2) is 23.1 Å². The summed E-state index contributed by atoms with van der Waals surface area (Å²) in [4.78, 5) is 54.2. The van der Waals surface area contributed by atoms with Crippen LogP contribution in [-0.2, 0) is 19.2 Å². The van der Waals surface area contributed by atoms with Crippen LogP contribution >= 0.6 is 31.9 Å².